The lowest BCUT2D eigenvalue weighted by Gasteiger charge is -2.05. The van der Waals surface area contributed by atoms with E-state index in [4.69, 9.17) is 0 Å². The van der Waals surface area contributed by atoms with Gasteiger partial charge in [-0.25, -0.2) is 0 Å². The summed E-state index contributed by atoms with van der Waals surface area (Å²) in [6.07, 6.45) is 18.9. The molecule has 0 aromatic carbocycles. The van der Waals surface area contributed by atoms with Crippen LogP contribution in [0.15, 0.2) is 0 Å². The monoisotopic (exact) mass is 298 g/mol. The van der Waals surface area contributed by atoms with Gasteiger partial charge < -0.3 is 15.2 Å². The summed E-state index contributed by atoms with van der Waals surface area (Å²) in [4.78, 5) is 10.2. The van der Waals surface area contributed by atoms with E-state index >= 15 is 0 Å². The predicted octanol–water partition coefficient (Wildman–Crippen LogP) is 3.81. The second-order valence-corrected chi connectivity index (χ2v) is 6.14. The lowest BCUT2D eigenvalue weighted by atomic mass is 10.0. The molecule has 0 rings (SSSR count). The smallest absolute Gasteiger partial charge is 0.0552 e. The van der Waals surface area contributed by atoms with Crippen molar-refractivity contribution in [3.8, 4) is 0 Å². The fourth-order valence-electron chi connectivity index (χ4n) is 2.63. The zero-order valence-corrected chi connectivity index (χ0v) is 14.1. The third-order valence-corrected chi connectivity index (χ3v) is 3.98. The molecule has 0 atom stereocenters. The zero-order valence-electron chi connectivity index (χ0n) is 14.1. The summed E-state index contributed by atoms with van der Waals surface area (Å²) in [5.41, 5.74) is 0. The quantitative estimate of drug-likeness (QED) is 0.415. The molecule has 0 aliphatic rings. The number of nitrogens with one attached hydrogen (secondary N) is 1. The summed E-state index contributed by atoms with van der Waals surface area (Å²) in [5.74, 6) is -1.01. The highest BCUT2D eigenvalue weighted by Crippen LogP contribution is 2.12. The van der Waals surface area contributed by atoms with Gasteiger partial charge in [-0.05, 0) is 13.0 Å². The van der Waals surface area contributed by atoms with E-state index in [1.807, 2.05) is 0 Å². The van der Waals surface area contributed by atoms with Crippen molar-refractivity contribution < 1.29 is 9.90 Å². The molecule has 0 saturated carbocycles. The van der Waals surface area contributed by atoms with Gasteiger partial charge in [0.15, 0.2) is 0 Å². The largest absolute Gasteiger partial charge is 0.549 e. The number of carbonyl (C=O) groups excluding carboxylic acids is 1. The van der Waals surface area contributed by atoms with Gasteiger partial charge in [0.05, 0.1) is 5.97 Å². The maximum Gasteiger partial charge on any atom is 0.0552 e. The second-order valence-electron chi connectivity index (χ2n) is 6.14. The van der Waals surface area contributed by atoms with Crippen LogP contribution in [0, 0.1) is 0 Å². The highest BCUT2D eigenvalue weighted by molar-refractivity contribution is 5.66. The minimum Gasteiger partial charge on any atom is -0.549 e. The minimum atomic E-state index is -1.01. The highest BCUT2D eigenvalue weighted by atomic mass is 16.4. The van der Waals surface area contributed by atoms with E-state index in [0.29, 0.717) is 0 Å². The predicted molar refractivity (Wildman–Crippen MR) is 88.2 cm³/mol. The van der Waals surface area contributed by atoms with Gasteiger partial charge >= 0.3 is 0 Å². The normalized spacial score (nSPS) is 10.9. The van der Waals surface area contributed by atoms with E-state index in [1.165, 1.54) is 83.5 Å². The number of carbonyl (C=O) groups is 1. The van der Waals surface area contributed by atoms with Crippen LogP contribution in [0.3, 0.4) is 0 Å². The molecule has 0 aliphatic heterocycles. The molecule has 0 aromatic heterocycles. The van der Waals surface area contributed by atoms with Crippen LogP contribution in [0.1, 0.15) is 96.8 Å². The molecule has 3 heteroatoms. The molecule has 126 valence electrons. The van der Waals surface area contributed by atoms with E-state index < -0.39 is 5.97 Å². The first-order chi connectivity index (χ1) is 10.3. The third kappa shape index (κ3) is 19.4. The molecule has 1 N–H and O–H groups in total. The SMILES string of the molecule is CCCCCCCCCCCCCCCCNCC(=O)[O-]. The van der Waals surface area contributed by atoms with Crippen molar-refractivity contribution in [1.29, 1.82) is 0 Å². The molecule has 0 aromatic rings. The van der Waals surface area contributed by atoms with Gasteiger partial charge in [-0.15, -0.1) is 0 Å². The number of hydrogen-bond acceptors (Lipinski definition) is 3. The van der Waals surface area contributed by atoms with Crippen LogP contribution in [-0.2, 0) is 4.79 Å². The van der Waals surface area contributed by atoms with E-state index in [2.05, 4.69) is 12.2 Å². The molecule has 0 heterocycles. The first-order valence-corrected chi connectivity index (χ1v) is 9.18. The van der Waals surface area contributed by atoms with Gasteiger partial charge in [-0.1, -0.05) is 90.4 Å². The molecule has 0 unspecified atom stereocenters. The molecule has 21 heavy (non-hydrogen) atoms. The van der Waals surface area contributed by atoms with Crippen molar-refractivity contribution in [2.45, 2.75) is 96.8 Å². The summed E-state index contributed by atoms with van der Waals surface area (Å²) in [6, 6.07) is 0. The summed E-state index contributed by atoms with van der Waals surface area (Å²) in [7, 11) is 0. The lowest BCUT2D eigenvalue weighted by molar-refractivity contribution is -0.304. The van der Waals surface area contributed by atoms with Crippen molar-refractivity contribution in [2.75, 3.05) is 13.1 Å². The Morgan fingerprint density at radius 3 is 1.48 bits per heavy atom. The molecule has 0 amide bonds. The Hall–Kier alpha value is -0.570. The number of carboxylic acid groups (broad SMARTS) is 1. The molecular weight excluding hydrogens is 262 g/mol. The van der Waals surface area contributed by atoms with Crippen LogP contribution in [0.25, 0.3) is 0 Å². The van der Waals surface area contributed by atoms with Crippen LogP contribution >= 0.6 is 0 Å². The van der Waals surface area contributed by atoms with Crippen molar-refractivity contribution in [3.63, 3.8) is 0 Å². The lowest BCUT2D eigenvalue weighted by Crippen LogP contribution is -2.34. The average Bonchev–Trinajstić information content (AvgIpc) is 2.46. The molecule has 0 radical (unpaired) electrons. The first-order valence-electron chi connectivity index (χ1n) is 9.18. The van der Waals surface area contributed by atoms with Crippen LogP contribution < -0.4 is 10.4 Å². The Balaban J connectivity index is 2.95. The van der Waals surface area contributed by atoms with E-state index in [1.54, 1.807) is 0 Å². The number of carboxylic acids is 1. The average molecular weight is 298 g/mol. The minimum absolute atomic E-state index is 0.0154. The highest BCUT2D eigenvalue weighted by Gasteiger charge is 1.94. The zero-order chi connectivity index (χ0) is 15.6. The second kappa shape index (κ2) is 17.5. The molecule has 0 fully saturated rings. The summed E-state index contributed by atoms with van der Waals surface area (Å²) < 4.78 is 0. The van der Waals surface area contributed by atoms with Crippen molar-refractivity contribution in [1.82, 2.24) is 5.32 Å². The number of hydrogen-bond donors (Lipinski definition) is 1. The van der Waals surface area contributed by atoms with Gasteiger partial charge in [0.25, 0.3) is 0 Å². The van der Waals surface area contributed by atoms with Crippen molar-refractivity contribution in [3.05, 3.63) is 0 Å². The fourth-order valence-corrected chi connectivity index (χ4v) is 2.63. The van der Waals surface area contributed by atoms with Gasteiger partial charge in [0.1, 0.15) is 0 Å². The van der Waals surface area contributed by atoms with Crippen LogP contribution in [0.2, 0.25) is 0 Å². The molecule has 0 saturated heterocycles. The van der Waals surface area contributed by atoms with Gasteiger partial charge in [0.2, 0.25) is 0 Å². The van der Waals surface area contributed by atoms with Gasteiger partial charge in [-0.2, -0.15) is 0 Å². The van der Waals surface area contributed by atoms with Crippen molar-refractivity contribution >= 4 is 5.97 Å². The van der Waals surface area contributed by atoms with Gasteiger partial charge in [0, 0.05) is 6.54 Å². The molecule has 0 bridgehead atoms. The molecule has 0 spiro atoms. The van der Waals surface area contributed by atoms with E-state index in [-0.39, 0.29) is 6.54 Å². The Morgan fingerprint density at radius 2 is 1.10 bits per heavy atom. The van der Waals surface area contributed by atoms with Crippen molar-refractivity contribution in [2.24, 2.45) is 0 Å². The summed E-state index contributed by atoms with van der Waals surface area (Å²) in [6.45, 7) is 3.05. The van der Waals surface area contributed by atoms with E-state index in [9.17, 15) is 9.90 Å². The summed E-state index contributed by atoms with van der Waals surface area (Å²) in [5, 5.41) is 13.0. The summed E-state index contributed by atoms with van der Waals surface area (Å²) >= 11 is 0. The Morgan fingerprint density at radius 1 is 0.714 bits per heavy atom. The van der Waals surface area contributed by atoms with Crippen LogP contribution in [0.5, 0.6) is 0 Å². The Bertz CT molecular complexity index is 219. The molecule has 3 nitrogen and oxygen atoms in total. The van der Waals surface area contributed by atoms with Crippen LogP contribution in [0.4, 0.5) is 0 Å². The molecular formula is C18H36NO2-. The maximum atomic E-state index is 10.2. The Kier molecular flexibility index (Phi) is 17.0. The van der Waals surface area contributed by atoms with Crippen LogP contribution in [-0.4, -0.2) is 19.1 Å². The number of unbranched alkanes of at least 4 members (excludes halogenated alkanes) is 13. The number of rotatable bonds is 17. The maximum absolute atomic E-state index is 10.2. The third-order valence-electron chi connectivity index (χ3n) is 3.98. The topological polar surface area (TPSA) is 52.2 Å². The Labute approximate surface area is 131 Å². The van der Waals surface area contributed by atoms with Gasteiger partial charge in [-0.3, -0.25) is 0 Å². The van der Waals surface area contributed by atoms with E-state index in [0.717, 1.165) is 13.0 Å². The fraction of sp³-hybridized carbons (Fsp3) is 0.944. The first kappa shape index (κ1) is 20.4. The number of aliphatic carboxylic acids is 1. The standard InChI is InChI=1S/C18H37NO2/c1-2-3-4-5-6-7-8-9-10-11-12-13-14-15-16-19-17-18(20)21/h19H,2-17H2,1H3,(H,20,21)/p-1. The molecule has 0 aliphatic carbocycles.